The standard InChI is InChI=1S/C14H16N.HI/c1-15(2)9-13-7-11-5-3-4-6-12(11)8-14(13)10-15;/h3-8H,9-10H2,1-2H3;1H/q+1;/p-1. The van der Waals surface area contributed by atoms with Crippen LogP contribution in [0, 0.1) is 0 Å². The van der Waals surface area contributed by atoms with Gasteiger partial charge in [0, 0.05) is 11.1 Å². The number of hydrogen-bond donors (Lipinski definition) is 0. The summed E-state index contributed by atoms with van der Waals surface area (Å²) >= 11 is 0. The van der Waals surface area contributed by atoms with Gasteiger partial charge in [-0.2, -0.15) is 0 Å². The zero-order chi connectivity index (χ0) is 10.5. The van der Waals surface area contributed by atoms with E-state index in [2.05, 4.69) is 50.5 Å². The average molecular weight is 325 g/mol. The molecule has 0 atom stereocenters. The molecular formula is C14H16IN. The maximum absolute atomic E-state index is 2.36. The van der Waals surface area contributed by atoms with Gasteiger partial charge in [-0.05, 0) is 22.9 Å². The third-order valence-corrected chi connectivity index (χ3v) is 3.26. The molecule has 0 unspecified atom stereocenters. The van der Waals surface area contributed by atoms with Crippen LogP contribution in [0.4, 0.5) is 0 Å². The normalized spacial score (nSPS) is 16.9. The van der Waals surface area contributed by atoms with Crippen LogP contribution in [0.15, 0.2) is 36.4 Å². The van der Waals surface area contributed by atoms with Gasteiger partial charge in [0.1, 0.15) is 13.1 Å². The summed E-state index contributed by atoms with van der Waals surface area (Å²) in [5.41, 5.74) is 3.05. The van der Waals surface area contributed by atoms with E-state index < -0.39 is 0 Å². The molecule has 0 saturated carbocycles. The van der Waals surface area contributed by atoms with Crippen LogP contribution in [-0.2, 0) is 13.1 Å². The fraction of sp³-hybridized carbons (Fsp3) is 0.286. The SMILES string of the molecule is C[N+]1(C)Cc2cc3ccccc3cc2C1.[I-]. The molecular weight excluding hydrogens is 309 g/mol. The summed E-state index contributed by atoms with van der Waals surface area (Å²) in [6, 6.07) is 13.4. The summed E-state index contributed by atoms with van der Waals surface area (Å²) < 4.78 is 1.09. The molecule has 0 amide bonds. The number of nitrogens with zero attached hydrogens (tertiary/aromatic N) is 1. The largest absolute Gasteiger partial charge is 1.00 e. The minimum absolute atomic E-state index is 0. The lowest BCUT2D eigenvalue weighted by Crippen LogP contribution is -3.00. The lowest BCUT2D eigenvalue weighted by molar-refractivity contribution is -0.910. The van der Waals surface area contributed by atoms with Crippen LogP contribution < -0.4 is 24.0 Å². The third kappa shape index (κ3) is 1.96. The van der Waals surface area contributed by atoms with Crippen LogP contribution in [-0.4, -0.2) is 18.6 Å². The molecule has 1 heterocycles. The molecule has 0 fully saturated rings. The van der Waals surface area contributed by atoms with Crippen molar-refractivity contribution in [1.82, 2.24) is 0 Å². The van der Waals surface area contributed by atoms with Crippen molar-refractivity contribution in [2.45, 2.75) is 13.1 Å². The fourth-order valence-corrected chi connectivity index (χ4v) is 2.61. The first-order chi connectivity index (χ1) is 7.14. The zero-order valence-electron chi connectivity index (χ0n) is 9.70. The highest BCUT2D eigenvalue weighted by molar-refractivity contribution is 5.84. The molecule has 2 aromatic carbocycles. The predicted molar refractivity (Wildman–Crippen MR) is 63.5 cm³/mol. The molecule has 84 valence electrons. The molecule has 0 aromatic heterocycles. The Morgan fingerprint density at radius 3 is 1.75 bits per heavy atom. The molecule has 1 nitrogen and oxygen atoms in total. The molecule has 2 aromatic rings. The van der Waals surface area contributed by atoms with Crippen molar-refractivity contribution in [2.75, 3.05) is 14.1 Å². The summed E-state index contributed by atoms with van der Waals surface area (Å²) in [6.45, 7) is 2.33. The van der Waals surface area contributed by atoms with Gasteiger partial charge in [0.05, 0.1) is 14.1 Å². The van der Waals surface area contributed by atoms with Gasteiger partial charge < -0.3 is 28.5 Å². The summed E-state index contributed by atoms with van der Waals surface area (Å²) in [4.78, 5) is 0. The van der Waals surface area contributed by atoms with E-state index in [4.69, 9.17) is 0 Å². The van der Waals surface area contributed by atoms with Crippen LogP contribution in [0.1, 0.15) is 11.1 Å². The maximum atomic E-state index is 2.36. The highest BCUT2D eigenvalue weighted by Gasteiger charge is 2.27. The summed E-state index contributed by atoms with van der Waals surface area (Å²) in [5, 5.41) is 2.75. The van der Waals surface area contributed by atoms with E-state index in [1.807, 2.05) is 0 Å². The van der Waals surface area contributed by atoms with Crippen LogP contribution in [0.5, 0.6) is 0 Å². The second-order valence-corrected chi connectivity index (χ2v) is 5.22. The third-order valence-electron chi connectivity index (χ3n) is 3.26. The highest BCUT2D eigenvalue weighted by atomic mass is 127. The van der Waals surface area contributed by atoms with E-state index in [0.717, 1.165) is 4.48 Å². The summed E-state index contributed by atoms with van der Waals surface area (Å²) in [5.74, 6) is 0. The minimum Gasteiger partial charge on any atom is -1.00 e. The van der Waals surface area contributed by atoms with E-state index in [0.29, 0.717) is 0 Å². The first kappa shape index (κ1) is 11.9. The molecule has 0 saturated heterocycles. The number of quaternary nitrogens is 1. The Kier molecular flexibility index (Phi) is 2.97. The molecule has 3 rings (SSSR count). The zero-order valence-corrected chi connectivity index (χ0v) is 11.9. The Morgan fingerprint density at radius 1 is 0.875 bits per heavy atom. The Morgan fingerprint density at radius 2 is 1.31 bits per heavy atom. The Labute approximate surface area is 114 Å². The smallest absolute Gasteiger partial charge is 0.105 e. The monoisotopic (exact) mass is 325 g/mol. The number of benzene rings is 2. The van der Waals surface area contributed by atoms with Gasteiger partial charge in [0.25, 0.3) is 0 Å². The topological polar surface area (TPSA) is 0 Å². The number of hydrogen-bond acceptors (Lipinski definition) is 0. The molecule has 0 N–H and O–H groups in total. The Hall–Kier alpha value is -0.610. The van der Waals surface area contributed by atoms with Crippen LogP contribution in [0.2, 0.25) is 0 Å². The maximum Gasteiger partial charge on any atom is 0.105 e. The quantitative estimate of drug-likeness (QED) is 0.470. The van der Waals surface area contributed by atoms with Crippen molar-refractivity contribution in [2.24, 2.45) is 0 Å². The first-order valence-corrected chi connectivity index (χ1v) is 5.47. The molecule has 0 spiro atoms. The lowest BCUT2D eigenvalue weighted by Gasteiger charge is -2.22. The second-order valence-electron chi connectivity index (χ2n) is 5.22. The Bertz CT molecular complexity index is 485. The fourth-order valence-electron chi connectivity index (χ4n) is 2.61. The number of fused-ring (bicyclic) bond motifs is 2. The van der Waals surface area contributed by atoms with Crippen molar-refractivity contribution >= 4 is 10.8 Å². The number of halogens is 1. The van der Waals surface area contributed by atoms with Crippen molar-refractivity contribution in [3.63, 3.8) is 0 Å². The van der Waals surface area contributed by atoms with Gasteiger partial charge in [-0.15, -0.1) is 0 Å². The predicted octanol–water partition coefficient (Wildman–Crippen LogP) is -0.0662. The first-order valence-electron chi connectivity index (χ1n) is 5.47. The van der Waals surface area contributed by atoms with Gasteiger partial charge in [-0.1, -0.05) is 24.3 Å². The van der Waals surface area contributed by atoms with Crippen LogP contribution in [0.3, 0.4) is 0 Å². The molecule has 0 aliphatic carbocycles. The summed E-state index contributed by atoms with van der Waals surface area (Å²) in [7, 11) is 4.59. The van der Waals surface area contributed by atoms with Crippen molar-refractivity contribution in [1.29, 1.82) is 0 Å². The molecule has 16 heavy (non-hydrogen) atoms. The highest BCUT2D eigenvalue weighted by Crippen LogP contribution is 2.30. The second kappa shape index (κ2) is 4.00. The van der Waals surface area contributed by atoms with Gasteiger partial charge >= 0.3 is 0 Å². The average Bonchev–Trinajstić information content (AvgIpc) is 2.46. The molecule has 0 radical (unpaired) electrons. The van der Waals surface area contributed by atoms with Crippen LogP contribution >= 0.6 is 0 Å². The minimum atomic E-state index is 0. The van der Waals surface area contributed by atoms with Gasteiger partial charge in [0.2, 0.25) is 0 Å². The van der Waals surface area contributed by atoms with Gasteiger partial charge in [-0.3, -0.25) is 0 Å². The van der Waals surface area contributed by atoms with E-state index in [-0.39, 0.29) is 24.0 Å². The van der Waals surface area contributed by atoms with Crippen molar-refractivity contribution < 1.29 is 28.5 Å². The van der Waals surface area contributed by atoms with E-state index in [9.17, 15) is 0 Å². The van der Waals surface area contributed by atoms with Crippen molar-refractivity contribution in [3.8, 4) is 0 Å². The van der Waals surface area contributed by atoms with Crippen molar-refractivity contribution in [3.05, 3.63) is 47.5 Å². The molecule has 2 heteroatoms. The van der Waals surface area contributed by atoms with E-state index in [1.165, 1.54) is 35.0 Å². The van der Waals surface area contributed by atoms with Crippen LogP contribution in [0.25, 0.3) is 10.8 Å². The molecule has 1 aliphatic rings. The molecule has 0 bridgehead atoms. The lowest BCUT2D eigenvalue weighted by atomic mass is 10.0. The van der Waals surface area contributed by atoms with Gasteiger partial charge in [-0.25, -0.2) is 0 Å². The van der Waals surface area contributed by atoms with E-state index in [1.54, 1.807) is 0 Å². The summed E-state index contributed by atoms with van der Waals surface area (Å²) in [6.07, 6.45) is 0. The molecule has 1 aliphatic heterocycles. The van der Waals surface area contributed by atoms with Gasteiger partial charge in [0.15, 0.2) is 0 Å². The number of rotatable bonds is 0. The Balaban J connectivity index is 0.000000963. The van der Waals surface area contributed by atoms with E-state index >= 15 is 0 Å².